The minimum atomic E-state index is -0.278. The summed E-state index contributed by atoms with van der Waals surface area (Å²) in [4.78, 5) is 19.7. The van der Waals surface area contributed by atoms with E-state index < -0.39 is 0 Å². The normalized spacial score (nSPS) is 13.5. The Balaban J connectivity index is 1.53. The van der Waals surface area contributed by atoms with Gasteiger partial charge >= 0.3 is 0 Å². The number of nitrogens with one attached hydrogen (secondary N) is 2. The first-order valence-corrected chi connectivity index (χ1v) is 10.3. The van der Waals surface area contributed by atoms with E-state index >= 15 is 0 Å². The van der Waals surface area contributed by atoms with Gasteiger partial charge in [-0.3, -0.25) is 4.79 Å². The summed E-state index contributed by atoms with van der Waals surface area (Å²) in [7, 11) is 1.51. The van der Waals surface area contributed by atoms with E-state index in [1.165, 1.54) is 7.11 Å². The molecular formula is C24H26N4O3. The Kier molecular flexibility index (Phi) is 6.64. The molecule has 1 aromatic heterocycles. The number of pyridine rings is 1. The van der Waals surface area contributed by atoms with E-state index in [1.54, 1.807) is 12.3 Å². The molecule has 0 radical (unpaired) electrons. The van der Waals surface area contributed by atoms with Crippen LogP contribution in [-0.4, -0.2) is 44.3 Å². The Morgan fingerprint density at radius 1 is 1.10 bits per heavy atom. The first-order chi connectivity index (χ1) is 15.2. The number of nitrogens with zero attached hydrogens (tertiary/aromatic N) is 2. The molecule has 4 rings (SSSR count). The van der Waals surface area contributed by atoms with Crippen LogP contribution in [0.1, 0.15) is 15.9 Å². The average molecular weight is 418 g/mol. The van der Waals surface area contributed by atoms with Crippen LogP contribution in [0, 0.1) is 0 Å². The van der Waals surface area contributed by atoms with Crippen molar-refractivity contribution in [2.75, 3.05) is 48.9 Å². The highest BCUT2D eigenvalue weighted by molar-refractivity contribution is 6.09. The zero-order valence-electron chi connectivity index (χ0n) is 17.5. The fourth-order valence-electron chi connectivity index (χ4n) is 3.55. The molecule has 0 spiro atoms. The van der Waals surface area contributed by atoms with Gasteiger partial charge in [0.1, 0.15) is 5.56 Å². The third kappa shape index (κ3) is 5.13. The van der Waals surface area contributed by atoms with Crippen molar-refractivity contribution < 1.29 is 14.3 Å². The van der Waals surface area contributed by atoms with Gasteiger partial charge in [0.2, 0.25) is 5.88 Å². The lowest BCUT2D eigenvalue weighted by molar-refractivity contribution is 0.102. The number of carbonyl (C=O) groups excluding carboxylic acids is 1. The second-order valence-electron chi connectivity index (χ2n) is 7.19. The maximum absolute atomic E-state index is 13.2. The monoisotopic (exact) mass is 418 g/mol. The van der Waals surface area contributed by atoms with Gasteiger partial charge in [0.25, 0.3) is 5.91 Å². The van der Waals surface area contributed by atoms with Gasteiger partial charge in [-0.15, -0.1) is 0 Å². The van der Waals surface area contributed by atoms with E-state index in [0.29, 0.717) is 36.7 Å². The fraction of sp³-hybridized carbons (Fsp3) is 0.250. The lowest BCUT2D eigenvalue weighted by Gasteiger charge is -2.29. The molecule has 7 heteroatoms. The second-order valence-corrected chi connectivity index (χ2v) is 7.19. The summed E-state index contributed by atoms with van der Waals surface area (Å²) in [6.45, 7) is 3.67. The van der Waals surface area contributed by atoms with E-state index in [2.05, 4.69) is 20.5 Å². The summed E-state index contributed by atoms with van der Waals surface area (Å²) in [5, 5.41) is 6.33. The number of morpholine rings is 1. The summed E-state index contributed by atoms with van der Waals surface area (Å²) in [6.07, 6.45) is 1.63. The maximum atomic E-state index is 13.2. The molecule has 0 unspecified atom stereocenters. The van der Waals surface area contributed by atoms with E-state index in [-0.39, 0.29) is 11.8 Å². The number of carbonyl (C=O) groups is 1. The molecule has 1 saturated heterocycles. The molecule has 1 aliphatic rings. The highest BCUT2D eigenvalue weighted by Gasteiger charge is 2.20. The van der Waals surface area contributed by atoms with Crippen molar-refractivity contribution in [2.24, 2.45) is 0 Å². The lowest BCUT2D eigenvalue weighted by Crippen LogP contribution is -2.36. The number of anilines is 3. The van der Waals surface area contributed by atoms with Crippen LogP contribution in [0.5, 0.6) is 5.88 Å². The van der Waals surface area contributed by atoms with Crippen molar-refractivity contribution in [3.05, 3.63) is 78.0 Å². The fourth-order valence-corrected chi connectivity index (χ4v) is 3.55. The second kappa shape index (κ2) is 9.95. The minimum absolute atomic E-state index is 0.278. The number of methoxy groups -OCH3 is 1. The quantitative estimate of drug-likeness (QED) is 0.608. The molecule has 31 heavy (non-hydrogen) atoms. The number of ether oxygens (including phenoxy) is 2. The Bertz CT molecular complexity index is 1020. The molecule has 1 aliphatic heterocycles. The SMILES string of the molecule is COc1nccc(NCc2ccccc2)c1C(=O)Nc1cccc(N2CCOCC2)c1. The maximum Gasteiger partial charge on any atom is 0.263 e. The first kappa shape index (κ1) is 20.7. The molecule has 0 aliphatic carbocycles. The Hall–Kier alpha value is -3.58. The van der Waals surface area contributed by atoms with E-state index in [4.69, 9.17) is 9.47 Å². The van der Waals surface area contributed by atoms with E-state index in [0.717, 1.165) is 24.3 Å². The summed E-state index contributed by atoms with van der Waals surface area (Å²) in [5.41, 5.74) is 3.92. The highest BCUT2D eigenvalue weighted by atomic mass is 16.5. The molecule has 2 heterocycles. The Morgan fingerprint density at radius 2 is 1.90 bits per heavy atom. The number of hydrogen-bond donors (Lipinski definition) is 2. The van der Waals surface area contributed by atoms with Crippen LogP contribution in [0.15, 0.2) is 66.9 Å². The highest BCUT2D eigenvalue weighted by Crippen LogP contribution is 2.27. The molecule has 1 amide bonds. The van der Waals surface area contributed by atoms with E-state index in [1.807, 2.05) is 54.6 Å². The standard InChI is InChI=1S/C24H26N4O3/c1-30-24-22(21(10-11-25-24)26-17-18-6-3-2-4-7-18)23(29)27-19-8-5-9-20(16-19)28-12-14-31-15-13-28/h2-11,16H,12-15,17H2,1H3,(H,25,26)(H,27,29). The number of benzene rings is 2. The van der Waals surface area contributed by atoms with Gasteiger partial charge in [-0.25, -0.2) is 4.98 Å². The largest absolute Gasteiger partial charge is 0.480 e. The van der Waals surface area contributed by atoms with Gasteiger partial charge in [0.15, 0.2) is 0 Å². The molecule has 2 aromatic carbocycles. The Morgan fingerprint density at radius 3 is 2.68 bits per heavy atom. The van der Waals surface area contributed by atoms with Crippen molar-refractivity contribution in [1.82, 2.24) is 4.98 Å². The van der Waals surface area contributed by atoms with Gasteiger partial charge in [-0.05, 0) is 29.8 Å². The third-order valence-corrected chi connectivity index (χ3v) is 5.14. The number of amides is 1. The van der Waals surface area contributed by atoms with Gasteiger partial charge in [-0.2, -0.15) is 0 Å². The number of rotatable bonds is 7. The molecule has 2 N–H and O–H groups in total. The van der Waals surface area contributed by atoms with Crippen molar-refractivity contribution in [1.29, 1.82) is 0 Å². The van der Waals surface area contributed by atoms with Gasteiger partial charge in [-0.1, -0.05) is 36.4 Å². The van der Waals surface area contributed by atoms with Crippen LogP contribution in [0.3, 0.4) is 0 Å². The molecule has 7 nitrogen and oxygen atoms in total. The molecule has 1 fully saturated rings. The molecule has 0 bridgehead atoms. The zero-order valence-corrected chi connectivity index (χ0v) is 17.5. The van der Waals surface area contributed by atoms with Gasteiger partial charge < -0.3 is 25.0 Å². The molecule has 0 saturated carbocycles. The zero-order chi connectivity index (χ0) is 21.5. The number of hydrogen-bond acceptors (Lipinski definition) is 6. The molecule has 160 valence electrons. The van der Waals surface area contributed by atoms with Crippen molar-refractivity contribution >= 4 is 23.0 Å². The van der Waals surface area contributed by atoms with Crippen molar-refractivity contribution in [3.8, 4) is 5.88 Å². The van der Waals surface area contributed by atoms with Crippen molar-refractivity contribution in [2.45, 2.75) is 6.54 Å². The van der Waals surface area contributed by atoms with E-state index in [9.17, 15) is 4.79 Å². The van der Waals surface area contributed by atoms with Crippen molar-refractivity contribution in [3.63, 3.8) is 0 Å². The summed E-state index contributed by atoms with van der Waals surface area (Å²) >= 11 is 0. The molecular weight excluding hydrogens is 392 g/mol. The summed E-state index contributed by atoms with van der Waals surface area (Å²) < 4.78 is 10.8. The topological polar surface area (TPSA) is 75.7 Å². The van der Waals surface area contributed by atoms with Crippen LogP contribution < -0.4 is 20.3 Å². The molecule has 0 atom stereocenters. The summed E-state index contributed by atoms with van der Waals surface area (Å²) in [5.74, 6) is -0.000431. The van der Waals surface area contributed by atoms with Crippen LogP contribution in [0.25, 0.3) is 0 Å². The smallest absolute Gasteiger partial charge is 0.263 e. The van der Waals surface area contributed by atoms with Crippen LogP contribution in [-0.2, 0) is 11.3 Å². The van der Waals surface area contributed by atoms with Crippen LogP contribution >= 0.6 is 0 Å². The minimum Gasteiger partial charge on any atom is -0.480 e. The molecule has 3 aromatic rings. The predicted octanol–water partition coefficient (Wildman–Crippen LogP) is 3.79. The van der Waals surface area contributed by atoms with Crippen LogP contribution in [0.4, 0.5) is 17.1 Å². The van der Waals surface area contributed by atoms with Gasteiger partial charge in [0, 0.05) is 37.2 Å². The van der Waals surface area contributed by atoms with Gasteiger partial charge in [0.05, 0.1) is 26.0 Å². The number of aromatic nitrogens is 1. The average Bonchev–Trinajstić information content (AvgIpc) is 2.83. The van der Waals surface area contributed by atoms with Crippen LogP contribution in [0.2, 0.25) is 0 Å². The predicted molar refractivity (Wildman–Crippen MR) is 122 cm³/mol. The summed E-state index contributed by atoms with van der Waals surface area (Å²) in [6, 6.07) is 19.6. The Labute approximate surface area is 182 Å². The lowest BCUT2D eigenvalue weighted by atomic mass is 10.1. The first-order valence-electron chi connectivity index (χ1n) is 10.3. The third-order valence-electron chi connectivity index (χ3n) is 5.14.